The maximum Gasteiger partial charge on any atom is 0.254 e. The number of carbonyl (C=O) groups excluding carboxylic acids is 1. The van der Waals surface area contributed by atoms with Crippen LogP contribution in [0.25, 0.3) is 0 Å². The number of rotatable bonds is 4. The van der Waals surface area contributed by atoms with Crippen molar-refractivity contribution >= 4 is 5.91 Å². The second-order valence-corrected chi connectivity index (χ2v) is 5.40. The lowest BCUT2D eigenvalue weighted by atomic mass is 9.98. The van der Waals surface area contributed by atoms with E-state index >= 15 is 0 Å². The van der Waals surface area contributed by atoms with E-state index in [1.807, 2.05) is 11.9 Å². The van der Waals surface area contributed by atoms with Crippen LogP contribution in [0.4, 0.5) is 0 Å². The van der Waals surface area contributed by atoms with Gasteiger partial charge < -0.3 is 14.8 Å². The van der Waals surface area contributed by atoms with Gasteiger partial charge in [-0.15, -0.1) is 0 Å². The number of likely N-dealkylation sites (tertiary alicyclic amines) is 1. The van der Waals surface area contributed by atoms with E-state index < -0.39 is 0 Å². The van der Waals surface area contributed by atoms with Crippen molar-refractivity contribution < 1.29 is 4.79 Å². The van der Waals surface area contributed by atoms with Crippen molar-refractivity contribution in [3.05, 3.63) is 34.2 Å². The summed E-state index contributed by atoms with van der Waals surface area (Å²) in [6.45, 7) is 1.70. The summed E-state index contributed by atoms with van der Waals surface area (Å²) in [6.07, 6.45) is 5.90. The van der Waals surface area contributed by atoms with Crippen molar-refractivity contribution in [3.63, 3.8) is 0 Å². The number of hydrogen-bond acceptors (Lipinski definition) is 3. The first-order valence-corrected chi connectivity index (χ1v) is 7.25. The molecule has 1 aliphatic heterocycles. The van der Waals surface area contributed by atoms with Gasteiger partial charge >= 0.3 is 0 Å². The maximum absolute atomic E-state index is 12.6. The van der Waals surface area contributed by atoms with Crippen molar-refractivity contribution in [2.45, 2.75) is 31.7 Å². The molecular formula is C15H23N3O2. The molecule has 0 bridgehead atoms. The molecule has 0 aromatic carbocycles. The minimum absolute atomic E-state index is 0.0106. The molecule has 1 aliphatic rings. The summed E-state index contributed by atoms with van der Waals surface area (Å²) in [5, 5.41) is 3.14. The number of pyridine rings is 1. The van der Waals surface area contributed by atoms with Gasteiger partial charge in [-0.3, -0.25) is 9.59 Å². The second kappa shape index (κ2) is 6.70. The van der Waals surface area contributed by atoms with Crippen LogP contribution in [0.1, 0.15) is 36.0 Å². The summed E-state index contributed by atoms with van der Waals surface area (Å²) in [6, 6.07) is 3.45. The van der Waals surface area contributed by atoms with E-state index in [1.54, 1.807) is 19.3 Å². The quantitative estimate of drug-likeness (QED) is 0.893. The molecule has 1 amide bonds. The van der Waals surface area contributed by atoms with E-state index in [-0.39, 0.29) is 17.5 Å². The van der Waals surface area contributed by atoms with Crippen molar-refractivity contribution in [1.29, 1.82) is 0 Å². The minimum atomic E-state index is -0.139. The standard InChI is InChI=1S/C15H23N3O2/c1-16-8-6-13-5-3-4-9-18(13)15(20)12-7-10-17(2)14(19)11-12/h7,10-11,13,16H,3-6,8-9H2,1-2H3. The smallest absolute Gasteiger partial charge is 0.254 e. The van der Waals surface area contributed by atoms with Crippen molar-refractivity contribution in [2.24, 2.45) is 7.05 Å². The summed E-state index contributed by atoms with van der Waals surface area (Å²) < 4.78 is 1.48. The molecule has 1 saturated heterocycles. The Morgan fingerprint density at radius 3 is 2.95 bits per heavy atom. The maximum atomic E-state index is 12.6. The Labute approximate surface area is 119 Å². The van der Waals surface area contributed by atoms with Gasteiger partial charge in [0.25, 0.3) is 11.5 Å². The number of amides is 1. The van der Waals surface area contributed by atoms with Gasteiger partial charge in [0.2, 0.25) is 0 Å². The molecule has 0 spiro atoms. The molecule has 1 aromatic rings. The van der Waals surface area contributed by atoms with E-state index in [4.69, 9.17) is 0 Å². The van der Waals surface area contributed by atoms with Crippen LogP contribution in [0.15, 0.2) is 23.1 Å². The highest BCUT2D eigenvalue weighted by Crippen LogP contribution is 2.21. The fraction of sp³-hybridized carbons (Fsp3) is 0.600. The summed E-state index contributed by atoms with van der Waals surface area (Å²) >= 11 is 0. The topological polar surface area (TPSA) is 54.3 Å². The van der Waals surface area contributed by atoms with Gasteiger partial charge in [0.15, 0.2) is 0 Å². The molecule has 20 heavy (non-hydrogen) atoms. The fourth-order valence-corrected chi connectivity index (χ4v) is 2.73. The zero-order chi connectivity index (χ0) is 14.5. The SMILES string of the molecule is CNCCC1CCCCN1C(=O)c1ccn(C)c(=O)c1. The van der Waals surface area contributed by atoms with E-state index in [0.29, 0.717) is 5.56 Å². The Balaban J connectivity index is 2.16. The molecule has 2 heterocycles. The first-order valence-electron chi connectivity index (χ1n) is 7.25. The number of hydrogen-bond donors (Lipinski definition) is 1. The third-order valence-corrected chi connectivity index (χ3v) is 3.97. The number of carbonyl (C=O) groups is 1. The van der Waals surface area contributed by atoms with Crippen LogP contribution in [0.2, 0.25) is 0 Å². The number of piperidine rings is 1. The van der Waals surface area contributed by atoms with Crippen LogP contribution >= 0.6 is 0 Å². The summed E-state index contributed by atoms with van der Waals surface area (Å²) in [5.74, 6) is -0.0106. The lowest BCUT2D eigenvalue weighted by molar-refractivity contribution is 0.0602. The van der Waals surface area contributed by atoms with Gasteiger partial charge in [-0.2, -0.15) is 0 Å². The zero-order valence-electron chi connectivity index (χ0n) is 12.3. The van der Waals surface area contributed by atoms with Gasteiger partial charge in [0.1, 0.15) is 0 Å². The van der Waals surface area contributed by atoms with Crippen LogP contribution in [-0.2, 0) is 7.05 Å². The molecular weight excluding hydrogens is 254 g/mol. The molecule has 1 aromatic heterocycles. The highest BCUT2D eigenvalue weighted by atomic mass is 16.2. The van der Waals surface area contributed by atoms with Gasteiger partial charge in [0.05, 0.1) is 0 Å². The highest BCUT2D eigenvalue weighted by Gasteiger charge is 2.27. The molecule has 1 fully saturated rings. The van der Waals surface area contributed by atoms with Gasteiger partial charge in [-0.05, 0) is 45.3 Å². The van der Waals surface area contributed by atoms with E-state index in [9.17, 15) is 9.59 Å². The lowest BCUT2D eigenvalue weighted by Crippen LogP contribution is -2.45. The first-order chi connectivity index (χ1) is 9.63. The third-order valence-electron chi connectivity index (χ3n) is 3.97. The Morgan fingerprint density at radius 2 is 2.25 bits per heavy atom. The van der Waals surface area contributed by atoms with Crippen LogP contribution < -0.4 is 10.9 Å². The Hall–Kier alpha value is -1.62. The van der Waals surface area contributed by atoms with E-state index in [2.05, 4.69) is 5.32 Å². The normalized spacial score (nSPS) is 19.1. The van der Waals surface area contributed by atoms with Gasteiger partial charge in [-0.1, -0.05) is 0 Å². The van der Waals surface area contributed by atoms with Crippen LogP contribution in [0.5, 0.6) is 0 Å². The fourth-order valence-electron chi connectivity index (χ4n) is 2.73. The molecule has 0 saturated carbocycles. The Kier molecular flexibility index (Phi) is 4.95. The largest absolute Gasteiger partial charge is 0.336 e. The summed E-state index contributed by atoms with van der Waals surface area (Å²) in [5.41, 5.74) is 0.365. The molecule has 5 heteroatoms. The highest BCUT2D eigenvalue weighted by molar-refractivity contribution is 5.94. The van der Waals surface area contributed by atoms with Crippen molar-refractivity contribution in [1.82, 2.24) is 14.8 Å². The predicted octanol–water partition coefficient (Wildman–Crippen LogP) is 0.989. The number of aryl methyl sites for hydroxylation is 1. The van der Waals surface area contributed by atoms with Gasteiger partial charge in [0, 0.05) is 37.5 Å². The molecule has 1 unspecified atom stereocenters. The Bertz CT molecular complexity index is 524. The van der Waals surface area contributed by atoms with Crippen LogP contribution in [0.3, 0.4) is 0 Å². The molecule has 2 rings (SSSR count). The number of nitrogens with one attached hydrogen (secondary N) is 1. The first kappa shape index (κ1) is 14.8. The van der Waals surface area contributed by atoms with Crippen LogP contribution in [0, 0.1) is 0 Å². The summed E-state index contributed by atoms with van der Waals surface area (Å²) in [4.78, 5) is 26.2. The number of nitrogens with zero attached hydrogens (tertiary/aromatic N) is 2. The van der Waals surface area contributed by atoms with Crippen LogP contribution in [-0.4, -0.2) is 41.6 Å². The lowest BCUT2D eigenvalue weighted by Gasteiger charge is -2.36. The third kappa shape index (κ3) is 3.28. The van der Waals surface area contributed by atoms with Gasteiger partial charge in [-0.25, -0.2) is 0 Å². The van der Waals surface area contributed by atoms with Crippen molar-refractivity contribution in [2.75, 3.05) is 20.1 Å². The Morgan fingerprint density at radius 1 is 1.45 bits per heavy atom. The predicted molar refractivity (Wildman–Crippen MR) is 78.9 cm³/mol. The van der Waals surface area contributed by atoms with Crippen molar-refractivity contribution in [3.8, 4) is 0 Å². The minimum Gasteiger partial charge on any atom is -0.336 e. The molecule has 110 valence electrons. The molecule has 0 aliphatic carbocycles. The second-order valence-electron chi connectivity index (χ2n) is 5.40. The monoisotopic (exact) mass is 277 g/mol. The van der Waals surface area contributed by atoms with E-state index in [0.717, 1.165) is 32.4 Å². The summed E-state index contributed by atoms with van der Waals surface area (Å²) in [7, 11) is 3.61. The number of aromatic nitrogens is 1. The average Bonchev–Trinajstić information content (AvgIpc) is 2.47. The van der Waals surface area contributed by atoms with E-state index in [1.165, 1.54) is 17.1 Å². The molecule has 0 radical (unpaired) electrons. The zero-order valence-corrected chi connectivity index (χ0v) is 12.3. The average molecular weight is 277 g/mol. The molecule has 5 nitrogen and oxygen atoms in total. The molecule has 1 N–H and O–H groups in total. The molecule has 1 atom stereocenters.